The number of rotatable bonds is 13. The van der Waals surface area contributed by atoms with Gasteiger partial charge >= 0.3 is 0 Å². The first-order chi connectivity index (χ1) is 23.9. The summed E-state index contributed by atoms with van der Waals surface area (Å²) in [5.74, 6) is 0.577. The van der Waals surface area contributed by atoms with Crippen LogP contribution in [-0.4, -0.2) is 42.2 Å². The molecule has 0 unspecified atom stereocenters. The molecular weight excluding hydrogens is 723 g/mol. The van der Waals surface area contributed by atoms with E-state index in [2.05, 4.69) is 45.5 Å². The van der Waals surface area contributed by atoms with E-state index < -0.39 is 11.6 Å². The Morgan fingerprint density at radius 2 is 1.55 bits per heavy atom. The van der Waals surface area contributed by atoms with E-state index >= 15 is 0 Å². The average molecular weight is 759 g/mol. The summed E-state index contributed by atoms with van der Waals surface area (Å²) in [5, 5.41) is 13.3. The van der Waals surface area contributed by atoms with Crippen molar-refractivity contribution in [2.45, 2.75) is 30.4 Å². The number of nitrogens with one attached hydrogen (secondary N) is 1. The molecule has 0 aliphatic carbocycles. The van der Waals surface area contributed by atoms with Crippen molar-refractivity contribution in [1.29, 1.82) is 0 Å². The maximum Gasteiger partial charge on any atom is 0.252 e. The molecule has 0 saturated heterocycles. The van der Waals surface area contributed by atoms with E-state index in [1.807, 2.05) is 84.9 Å². The number of carbonyl (C=O) groups is 1. The Hall–Kier alpha value is -4.14. The lowest BCUT2D eigenvalue weighted by Gasteiger charge is -2.32. The Balaban J connectivity index is 1.42. The molecule has 9 heteroatoms. The number of aliphatic imine (C=N–C) groups is 1. The lowest BCUT2D eigenvalue weighted by Crippen LogP contribution is -2.50. The normalized spacial score (nSPS) is 17.0. The summed E-state index contributed by atoms with van der Waals surface area (Å²) in [7, 11) is 0. The molecule has 1 aliphatic rings. The van der Waals surface area contributed by atoms with E-state index in [0.29, 0.717) is 52.4 Å². The number of aliphatic hydroxyl groups is 1. The SMILES string of the molecule is O=C(NCC(c1ccccc1)c1ccccc1)[C@]1(Cc2ccc(Br)cc2)N=C(c2ccc(OCCCO)cc2)O[C@@H]1c1ccc(Cl)cc1Cl. The second-order valence-corrected chi connectivity index (χ2v) is 13.6. The van der Waals surface area contributed by atoms with Crippen LogP contribution in [0.1, 0.15) is 46.3 Å². The highest BCUT2D eigenvalue weighted by atomic mass is 79.9. The maximum absolute atomic E-state index is 14.9. The second kappa shape index (κ2) is 16.0. The van der Waals surface area contributed by atoms with E-state index in [0.717, 1.165) is 21.2 Å². The van der Waals surface area contributed by atoms with Gasteiger partial charge in [0.1, 0.15) is 5.75 Å². The third kappa shape index (κ3) is 8.19. The predicted molar refractivity (Wildman–Crippen MR) is 199 cm³/mol. The Labute approximate surface area is 304 Å². The van der Waals surface area contributed by atoms with Crippen LogP contribution < -0.4 is 10.1 Å². The van der Waals surface area contributed by atoms with Crippen LogP contribution in [0.5, 0.6) is 5.75 Å². The van der Waals surface area contributed by atoms with Crippen LogP contribution in [0.3, 0.4) is 0 Å². The Morgan fingerprint density at radius 1 is 0.898 bits per heavy atom. The zero-order valence-corrected chi connectivity index (χ0v) is 29.7. The first-order valence-corrected chi connectivity index (χ1v) is 17.6. The fourth-order valence-electron chi connectivity index (χ4n) is 6.03. The quantitative estimate of drug-likeness (QED) is 0.118. The molecule has 1 aliphatic heterocycles. The Morgan fingerprint density at radius 3 is 2.16 bits per heavy atom. The highest BCUT2D eigenvalue weighted by Gasteiger charge is 2.54. The summed E-state index contributed by atoms with van der Waals surface area (Å²) in [6.07, 6.45) is -0.101. The molecule has 250 valence electrons. The number of halogens is 3. The van der Waals surface area contributed by atoms with Gasteiger partial charge in [-0.25, -0.2) is 4.99 Å². The summed E-state index contributed by atoms with van der Waals surface area (Å²) in [6, 6.07) is 40.7. The van der Waals surface area contributed by atoms with Gasteiger partial charge in [0.05, 0.1) is 6.61 Å². The number of ether oxygens (including phenoxy) is 2. The first kappa shape index (κ1) is 34.7. The minimum Gasteiger partial charge on any atom is -0.494 e. The van der Waals surface area contributed by atoms with Crippen molar-refractivity contribution in [2.24, 2.45) is 4.99 Å². The molecule has 0 radical (unpaired) electrons. The van der Waals surface area contributed by atoms with Gasteiger partial charge in [-0.2, -0.15) is 0 Å². The molecule has 0 aromatic heterocycles. The van der Waals surface area contributed by atoms with Gasteiger partial charge in [-0.05, 0) is 65.2 Å². The molecule has 6 rings (SSSR count). The van der Waals surface area contributed by atoms with Crippen molar-refractivity contribution >= 4 is 50.9 Å². The summed E-state index contributed by atoms with van der Waals surface area (Å²) in [6.45, 7) is 0.784. The number of amides is 1. The van der Waals surface area contributed by atoms with Gasteiger partial charge in [-0.3, -0.25) is 4.79 Å². The molecule has 1 amide bonds. The molecule has 49 heavy (non-hydrogen) atoms. The third-order valence-corrected chi connectivity index (χ3v) is 9.62. The fourth-order valence-corrected chi connectivity index (χ4v) is 6.81. The molecule has 2 N–H and O–H groups in total. The zero-order valence-electron chi connectivity index (χ0n) is 26.6. The van der Waals surface area contributed by atoms with Crippen LogP contribution in [0.2, 0.25) is 10.0 Å². The molecule has 1 heterocycles. The highest BCUT2D eigenvalue weighted by Crippen LogP contribution is 2.45. The van der Waals surface area contributed by atoms with Crippen molar-refractivity contribution in [1.82, 2.24) is 5.32 Å². The van der Waals surface area contributed by atoms with Gasteiger partial charge < -0.3 is 19.9 Å². The molecule has 5 aromatic carbocycles. The fraction of sp³-hybridized carbons (Fsp3) is 0.200. The van der Waals surface area contributed by atoms with Gasteiger partial charge in [0.2, 0.25) is 5.90 Å². The van der Waals surface area contributed by atoms with Crippen molar-refractivity contribution in [2.75, 3.05) is 19.8 Å². The van der Waals surface area contributed by atoms with Gasteiger partial charge in [0.25, 0.3) is 5.91 Å². The van der Waals surface area contributed by atoms with Crippen LogP contribution in [0, 0.1) is 0 Å². The molecule has 0 bridgehead atoms. The van der Waals surface area contributed by atoms with Gasteiger partial charge in [0.15, 0.2) is 11.6 Å². The number of benzene rings is 5. The van der Waals surface area contributed by atoms with Crippen LogP contribution in [0.25, 0.3) is 0 Å². The van der Waals surface area contributed by atoms with Crippen LogP contribution in [-0.2, 0) is 16.0 Å². The minimum atomic E-state index is -1.44. The maximum atomic E-state index is 14.9. The van der Waals surface area contributed by atoms with Crippen molar-refractivity contribution < 1.29 is 19.4 Å². The van der Waals surface area contributed by atoms with Crippen molar-refractivity contribution in [3.8, 4) is 5.75 Å². The van der Waals surface area contributed by atoms with Crippen LogP contribution in [0.15, 0.2) is 137 Å². The molecule has 0 fully saturated rings. The molecule has 0 spiro atoms. The average Bonchev–Trinajstić information content (AvgIpc) is 3.50. The molecule has 2 atom stereocenters. The van der Waals surface area contributed by atoms with E-state index in [4.69, 9.17) is 42.8 Å². The monoisotopic (exact) mass is 756 g/mol. The number of nitrogens with zero attached hydrogens (tertiary/aromatic N) is 1. The summed E-state index contributed by atoms with van der Waals surface area (Å²) in [5.41, 5.74) is 2.92. The van der Waals surface area contributed by atoms with E-state index in [-0.39, 0.29) is 24.9 Å². The number of hydrogen-bond donors (Lipinski definition) is 2. The molecule has 0 saturated carbocycles. The predicted octanol–water partition coefficient (Wildman–Crippen LogP) is 8.96. The smallest absolute Gasteiger partial charge is 0.252 e. The first-order valence-electron chi connectivity index (χ1n) is 16.0. The number of carbonyl (C=O) groups excluding carboxylic acids is 1. The van der Waals surface area contributed by atoms with E-state index in [1.54, 1.807) is 18.2 Å². The van der Waals surface area contributed by atoms with Gasteiger partial charge in [-0.15, -0.1) is 0 Å². The zero-order chi connectivity index (χ0) is 34.2. The highest BCUT2D eigenvalue weighted by molar-refractivity contribution is 9.10. The topological polar surface area (TPSA) is 80.2 Å². The molecule has 5 aromatic rings. The van der Waals surface area contributed by atoms with E-state index in [1.165, 1.54) is 0 Å². The summed E-state index contributed by atoms with van der Waals surface area (Å²) < 4.78 is 13.3. The van der Waals surface area contributed by atoms with Gasteiger partial charge in [-0.1, -0.05) is 118 Å². The summed E-state index contributed by atoms with van der Waals surface area (Å²) >= 11 is 16.7. The second-order valence-electron chi connectivity index (χ2n) is 11.8. The molecular formula is C40H35BrCl2N2O4. The van der Waals surface area contributed by atoms with Crippen LogP contribution in [0.4, 0.5) is 0 Å². The largest absolute Gasteiger partial charge is 0.494 e. The van der Waals surface area contributed by atoms with Gasteiger partial charge in [0, 0.05) is 57.6 Å². The standard InChI is InChI=1S/C40H35BrCl2N2O4/c41-31-16-12-27(13-17-31)25-40(39(47)44-26-35(28-8-3-1-4-9-28)29-10-5-2-6-11-29)37(34-21-18-32(42)24-36(34)43)49-38(45-40)30-14-19-33(20-15-30)48-23-7-22-46/h1-6,8-21,24,35,37,46H,7,22-23,25-26H2,(H,44,47)/t37-,40-/m1/s1. The van der Waals surface area contributed by atoms with Crippen molar-refractivity contribution in [3.63, 3.8) is 0 Å². The van der Waals surface area contributed by atoms with E-state index in [9.17, 15) is 4.79 Å². The Bertz CT molecular complexity index is 1850. The number of aliphatic hydroxyl groups excluding tert-OH is 1. The lowest BCUT2D eigenvalue weighted by atomic mass is 9.81. The van der Waals surface area contributed by atoms with Crippen molar-refractivity contribution in [3.05, 3.63) is 170 Å². The molecule has 6 nitrogen and oxygen atoms in total. The minimum absolute atomic E-state index is 0.0529. The Kier molecular flexibility index (Phi) is 11.4. The lowest BCUT2D eigenvalue weighted by molar-refractivity contribution is -0.129. The van der Waals surface area contributed by atoms with Crippen LogP contribution >= 0.6 is 39.1 Å². The summed E-state index contributed by atoms with van der Waals surface area (Å²) in [4.78, 5) is 20.1. The third-order valence-electron chi connectivity index (χ3n) is 8.53. The number of hydrogen-bond acceptors (Lipinski definition) is 5.